The topological polar surface area (TPSA) is 74.8 Å². The first kappa shape index (κ1) is 18.3. The Hall–Kier alpha value is -2.12. The Morgan fingerprint density at radius 2 is 2.11 bits per heavy atom. The number of carbonyl (C=O) groups is 1. The summed E-state index contributed by atoms with van der Waals surface area (Å²) in [5.74, 6) is 0.871. The van der Waals surface area contributed by atoms with Gasteiger partial charge in [0.1, 0.15) is 5.82 Å². The van der Waals surface area contributed by atoms with Gasteiger partial charge < -0.3 is 10.3 Å². The number of anilines is 1. The molecule has 2 aliphatic rings. The summed E-state index contributed by atoms with van der Waals surface area (Å²) in [6.45, 7) is 3.70. The van der Waals surface area contributed by atoms with Gasteiger partial charge in [0, 0.05) is 33.8 Å². The van der Waals surface area contributed by atoms with Gasteiger partial charge >= 0.3 is 0 Å². The highest BCUT2D eigenvalue weighted by atomic mass is 79.9. The second-order valence-corrected chi connectivity index (χ2v) is 8.34. The first-order chi connectivity index (χ1) is 13.1. The van der Waals surface area contributed by atoms with Crippen LogP contribution in [0.3, 0.4) is 0 Å². The van der Waals surface area contributed by atoms with Crippen LogP contribution in [0.4, 0.5) is 5.82 Å². The van der Waals surface area contributed by atoms with Crippen LogP contribution in [-0.4, -0.2) is 21.5 Å². The zero-order chi connectivity index (χ0) is 19.0. The van der Waals surface area contributed by atoms with Crippen molar-refractivity contribution in [1.82, 2.24) is 9.97 Å². The Balaban J connectivity index is 1.94. The number of aromatic amines is 1. The SMILES string of the molecule is C=CCSc1nc2c(c(=O)[nH]1)C(c1ccccc1Br)C1=C(CCCC1=O)N2. The first-order valence-electron chi connectivity index (χ1n) is 8.75. The van der Waals surface area contributed by atoms with Crippen LogP contribution in [0, 0.1) is 0 Å². The van der Waals surface area contributed by atoms with Gasteiger partial charge in [-0.2, -0.15) is 0 Å². The van der Waals surface area contributed by atoms with E-state index in [0.717, 1.165) is 28.6 Å². The van der Waals surface area contributed by atoms with Crippen LogP contribution in [0.2, 0.25) is 0 Å². The molecule has 1 aromatic carbocycles. The highest BCUT2D eigenvalue weighted by Crippen LogP contribution is 2.45. The molecule has 27 heavy (non-hydrogen) atoms. The predicted octanol–water partition coefficient (Wildman–Crippen LogP) is 4.38. The molecule has 2 aromatic rings. The fourth-order valence-corrected chi connectivity index (χ4v) is 4.78. The third-order valence-electron chi connectivity index (χ3n) is 4.79. The van der Waals surface area contributed by atoms with Crippen molar-refractivity contribution in [2.45, 2.75) is 30.3 Å². The van der Waals surface area contributed by atoms with Crippen molar-refractivity contribution in [3.05, 3.63) is 74.1 Å². The largest absolute Gasteiger partial charge is 0.343 e. The molecule has 0 saturated heterocycles. The summed E-state index contributed by atoms with van der Waals surface area (Å²) in [4.78, 5) is 33.3. The van der Waals surface area contributed by atoms with Gasteiger partial charge in [-0.1, -0.05) is 52.0 Å². The molecule has 0 spiro atoms. The number of fused-ring (bicyclic) bond motifs is 1. The van der Waals surface area contributed by atoms with E-state index in [9.17, 15) is 9.59 Å². The second kappa shape index (κ2) is 7.48. The Labute approximate surface area is 169 Å². The Morgan fingerprint density at radius 3 is 2.89 bits per heavy atom. The maximum Gasteiger partial charge on any atom is 0.257 e. The van der Waals surface area contributed by atoms with Crippen molar-refractivity contribution in [3.8, 4) is 0 Å². The molecule has 0 amide bonds. The first-order valence-corrected chi connectivity index (χ1v) is 10.5. The van der Waals surface area contributed by atoms with Crippen LogP contribution in [-0.2, 0) is 4.79 Å². The lowest BCUT2D eigenvalue weighted by Crippen LogP contribution is -2.32. The third-order valence-corrected chi connectivity index (χ3v) is 6.38. The molecule has 5 nitrogen and oxygen atoms in total. The van der Waals surface area contributed by atoms with E-state index < -0.39 is 5.92 Å². The van der Waals surface area contributed by atoms with E-state index in [4.69, 9.17) is 0 Å². The summed E-state index contributed by atoms with van der Waals surface area (Å²) in [6.07, 6.45) is 3.87. The van der Waals surface area contributed by atoms with Gasteiger partial charge in [-0.3, -0.25) is 9.59 Å². The standard InChI is InChI=1S/C20H18BrN3O2S/c1-2-10-27-20-23-18-17(19(26)24-20)15(11-6-3-4-7-12(11)21)16-13(22-18)8-5-9-14(16)25/h2-4,6-7,15H,1,5,8-10H2,(H2,22,23,24,26). The van der Waals surface area contributed by atoms with Gasteiger partial charge in [0.2, 0.25) is 0 Å². The zero-order valence-corrected chi connectivity index (χ0v) is 17.0. The lowest BCUT2D eigenvalue weighted by atomic mass is 9.76. The zero-order valence-electron chi connectivity index (χ0n) is 14.5. The lowest BCUT2D eigenvalue weighted by Gasteiger charge is -2.33. The fraction of sp³-hybridized carbons (Fsp3) is 0.250. The average molecular weight is 444 g/mol. The summed E-state index contributed by atoms with van der Waals surface area (Å²) in [5.41, 5.74) is 2.77. The monoisotopic (exact) mass is 443 g/mol. The van der Waals surface area contributed by atoms with E-state index in [-0.39, 0.29) is 11.3 Å². The summed E-state index contributed by atoms with van der Waals surface area (Å²) in [7, 11) is 0. The van der Waals surface area contributed by atoms with Crippen molar-refractivity contribution in [2.75, 3.05) is 11.1 Å². The maximum atomic E-state index is 13.0. The number of thioether (sulfide) groups is 1. The number of hydrogen-bond donors (Lipinski definition) is 2. The summed E-state index contributed by atoms with van der Waals surface area (Å²) < 4.78 is 0.873. The van der Waals surface area contributed by atoms with E-state index in [1.807, 2.05) is 24.3 Å². The predicted molar refractivity (Wildman–Crippen MR) is 111 cm³/mol. The van der Waals surface area contributed by atoms with Crippen LogP contribution >= 0.6 is 27.7 Å². The molecule has 2 heterocycles. The number of nitrogens with zero attached hydrogens (tertiary/aromatic N) is 1. The molecule has 2 N–H and O–H groups in total. The van der Waals surface area contributed by atoms with Gasteiger partial charge in [-0.05, 0) is 24.5 Å². The van der Waals surface area contributed by atoms with Crippen molar-refractivity contribution < 1.29 is 4.79 Å². The number of allylic oxidation sites excluding steroid dienone is 2. The van der Waals surface area contributed by atoms with Gasteiger partial charge in [0.05, 0.1) is 5.56 Å². The van der Waals surface area contributed by atoms with E-state index >= 15 is 0 Å². The number of H-pyrrole nitrogens is 1. The Morgan fingerprint density at radius 1 is 1.30 bits per heavy atom. The summed E-state index contributed by atoms with van der Waals surface area (Å²) in [5, 5.41) is 3.82. The van der Waals surface area contributed by atoms with Crippen LogP contribution in [0.5, 0.6) is 0 Å². The molecule has 7 heteroatoms. The van der Waals surface area contributed by atoms with Gasteiger partial charge in [0.25, 0.3) is 5.56 Å². The van der Waals surface area contributed by atoms with E-state index in [2.05, 4.69) is 37.8 Å². The molecule has 1 aliphatic carbocycles. The normalized spacial score (nSPS) is 18.6. The Kier molecular flexibility index (Phi) is 5.06. The summed E-state index contributed by atoms with van der Waals surface area (Å²) in [6, 6.07) is 7.73. The van der Waals surface area contributed by atoms with Gasteiger partial charge in [0.15, 0.2) is 10.9 Å². The average Bonchev–Trinajstić information content (AvgIpc) is 2.65. The van der Waals surface area contributed by atoms with Crippen molar-refractivity contribution in [1.29, 1.82) is 0 Å². The molecule has 1 unspecified atom stereocenters. The molecule has 138 valence electrons. The molecule has 0 bridgehead atoms. The number of ketones is 1. The fourth-order valence-electron chi connectivity index (χ4n) is 3.67. The molecule has 4 rings (SSSR count). The highest BCUT2D eigenvalue weighted by Gasteiger charge is 2.38. The molecule has 1 aromatic heterocycles. The molecule has 0 saturated carbocycles. The van der Waals surface area contributed by atoms with E-state index in [1.165, 1.54) is 11.8 Å². The number of nitrogens with one attached hydrogen (secondary N) is 2. The number of aromatic nitrogens is 2. The number of benzene rings is 1. The molecule has 0 radical (unpaired) electrons. The van der Waals surface area contributed by atoms with E-state index in [0.29, 0.717) is 34.3 Å². The van der Waals surface area contributed by atoms with Crippen molar-refractivity contribution in [2.24, 2.45) is 0 Å². The number of Topliss-reactive ketones (excluding diaryl/α,β-unsaturated/α-hetero) is 1. The molecular weight excluding hydrogens is 426 g/mol. The van der Waals surface area contributed by atoms with Crippen LogP contribution in [0.25, 0.3) is 0 Å². The molecule has 1 aliphatic heterocycles. The van der Waals surface area contributed by atoms with Crippen LogP contribution in [0.15, 0.2) is 62.6 Å². The van der Waals surface area contributed by atoms with Gasteiger partial charge in [-0.15, -0.1) is 6.58 Å². The van der Waals surface area contributed by atoms with Gasteiger partial charge in [-0.25, -0.2) is 4.98 Å². The quantitative estimate of drug-likeness (QED) is 0.416. The van der Waals surface area contributed by atoms with Crippen molar-refractivity contribution in [3.63, 3.8) is 0 Å². The number of carbonyl (C=O) groups excluding carboxylic acids is 1. The second-order valence-electron chi connectivity index (χ2n) is 6.48. The lowest BCUT2D eigenvalue weighted by molar-refractivity contribution is -0.116. The number of halogens is 1. The third kappa shape index (κ3) is 3.30. The van der Waals surface area contributed by atoms with Crippen LogP contribution in [0.1, 0.15) is 36.3 Å². The minimum atomic E-state index is -0.422. The molecule has 1 atom stereocenters. The minimum Gasteiger partial charge on any atom is -0.343 e. The van der Waals surface area contributed by atoms with Crippen molar-refractivity contribution >= 4 is 39.3 Å². The molecule has 0 fully saturated rings. The number of rotatable bonds is 4. The highest BCUT2D eigenvalue weighted by molar-refractivity contribution is 9.10. The van der Waals surface area contributed by atoms with E-state index in [1.54, 1.807) is 6.08 Å². The number of hydrogen-bond acceptors (Lipinski definition) is 5. The smallest absolute Gasteiger partial charge is 0.257 e. The summed E-state index contributed by atoms with van der Waals surface area (Å²) >= 11 is 5.01. The Bertz CT molecular complexity index is 1030. The maximum absolute atomic E-state index is 13.0. The minimum absolute atomic E-state index is 0.0969. The molecular formula is C20H18BrN3O2S. The van der Waals surface area contributed by atoms with Crippen LogP contribution < -0.4 is 10.9 Å².